The fraction of sp³-hybridized carbons (Fsp3) is 0.200. The van der Waals surface area contributed by atoms with Crippen molar-refractivity contribution in [2.24, 2.45) is 11.5 Å². The monoisotopic (exact) mass is 324 g/mol. The van der Waals surface area contributed by atoms with Crippen molar-refractivity contribution in [2.75, 3.05) is 11.1 Å². The molecule has 4 nitrogen and oxygen atoms in total. The first kappa shape index (κ1) is 19.5. The van der Waals surface area contributed by atoms with E-state index in [2.05, 4.69) is 24.6 Å². The summed E-state index contributed by atoms with van der Waals surface area (Å²) in [6, 6.07) is 7.52. The molecule has 0 aliphatic carbocycles. The molecule has 128 valence electrons. The van der Waals surface area contributed by atoms with Crippen molar-refractivity contribution in [3.8, 4) is 0 Å². The van der Waals surface area contributed by atoms with Crippen molar-refractivity contribution in [2.45, 2.75) is 26.4 Å². The van der Waals surface area contributed by atoms with E-state index in [9.17, 15) is 0 Å². The van der Waals surface area contributed by atoms with Crippen LogP contribution in [0.25, 0.3) is 0 Å². The van der Waals surface area contributed by atoms with Gasteiger partial charge in [-0.2, -0.15) is 0 Å². The van der Waals surface area contributed by atoms with Crippen LogP contribution in [0.4, 0.5) is 11.4 Å². The van der Waals surface area contributed by atoms with Crippen LogP contribution < -0.4 is 22.5 Å². The number of nitrogens with one attached hydrogen (secondary N) is 1. The second-order valence-corrected chi connectivity index (χ2v) is 5.82. The Labute approximate surface area is 145 Å². The molecule has 0 aromatic heterocycles. The first-order valence-electron chi connectivity index (χ1n) is 7.83. The van der Waals surface area contributed by atoms with Crippen molar-refractivity contribution in [1.29, 1.82) is 0 Å². The maximum absolute atomic E-state index is 5.78. The molecule has 0 unspecified atom stereocenters. The lowest BCUT2D eigenvalue weighted by molar-refractivity contribution is 0.697. The third-order valence-electron chi connectivity index (χ3n) is 3.31. The van der Waals surface area contributed by atoms with Crippen molar-refractivity contribution >= 4 is 11.4 Å². The largest absolute Gasteiger partial charge is 0.399 e. The molecule has 0 saturated carbocycles. The minimum absolute atomic E-state index is 0.324. The Morgan fingerprint density at radius 2 is 1.96 bits per heavy atom. The Kier molecular flexibility index (Phi) is 7.75. The standard InChI is InChI=1S/C20H28N4/c1-5-17(10-9-14(2)11-15(3)12-20(22)23)16(4)24-19-8-6-7-18(21)13-19/h5-11,13,20,24H,1,4,12,21-23H2,2-3H3/b14-9+,15-11-,17-10+. The average molecular weight is 324 g/mol. The van der Waals surface area contributed by atoms with E-state index >= 15 is 0 Å². The summed E-state index contributed by atoms with van der Waals surface area (Å²) < 4.78 is 0. The number of allylic oxidation sites excluding steroid dienone is 5. The highest BCUT2D eigenvalue weighted by molar-refractivity contribution is 5.60. The highest BCUT2D eigenvalue weighted by Gasteiger charge is 2.00. The topological polar surface area (TPSA) is 90.1 Å². The lowest BCUT2D eigenvalue weighted by atomic mass is 10.1. The van der Waals surface area contributed by atoms with Crippen LogP contribution in [0.3, 0.4) is 0 Å². The summed E-state index contributed by atoms with van der Waals surface area (Å²) in [5.74, 6) is 0. The van der Waals surface area contributed by atoms with Gasteiger partial charge in [-0.15, -0.1) is 0 Å². The minimum atomic E-state index is -0.324. The highest BCUT2D eigenvalue weighted by atomic mass is 14.9. The van der Waals surface area contributed by atoms with E-state index in [-0.39, 0.29) is 6.17 Å². The normalized spacial score (nSPS) is 13.1. The summed E-state index contributed by atoms with van der Waals surface area (Å²) in [4.78, 5) is 0. The SMILES string of the molecule is C=C\C(=C/C=C(C)/C=C(/C)CC(N)N)C(=C)Nc1cccc(N)c1. The third kappa shape index (κ3) is 7.13. The fourth-order valence-electron chi connectivity index (χ4n) is 2.24. The zero-order valence-corrected chi connectivity index (χ0v) is 14.5. The Bertz CT molecular complexity index is 679. The van der Waals surface area contributed by atoms with E-state index in [1.165, 1.54) is 0 Å². The summed E-state index contributed by atoms with van der Waals surface area (Å²) in [6.45, 7) is 11.9. The molecule has 7 N–H and O–H groups in total. The van der Waals surface area contributed by atoms with Gasteiger partial charge in [0.2, 0.25) is 0 Å². The zero-order valence-electron chi connectivity index (χ0n) is 14.5. The second kappa shape index (κ2) is 9.55. The molecule has 0 saturated heterocycles. The molecule has 0 amide bonds. The van der Waals surface area contributed by atoms with E-state index in [0.717, 1.165) is 28.1 Å². The maximum atomic E-state index is 5.78. The van der Waals surface area contributed by atoms with Crippen molar-refractivity contribution in [1.82, 2.24) is 0 Å². The number of rotatable bonds is 8. The molecular formula is C20H28N4. The van der Waals surface area contributed by atoms with Gasteiger partial charge in [-0.05, 0) is 44.0 Å². The summed E-state index contributed by atoms with van der Waals surface area (Å²) in [7, 11) is 0. The molecule has 0 aliphatic heterocycles. The lowest BCUT2D eigenvalue weighted by Gasteiger charge is -2.11. The number of hydrogen-bond donors (Lipinski definition) is 4. The van der Waals surface area contributed by atoms with Gasteiger partial charge in [-0.1, -0.05) is 54.7 Å². The van der Waals surface area contributed by atoms with Gasteiger partial charge in [0, 0.05) is 17.1 Å². The second-order valence-electron chi connectivity index (χ2n) is 5.82. The van der Waals surface area contributed by atoms with Crippen LogP contribution in [0.5, 0.6) is 0 Å². The number of anilines is 2. The van der Waals surface area contributed by atoms with Crippen molar-refractivity contribution in [3.05, 3.63) is 84.1 Å². The minimum Gasteiger partial charge on any atom is -0.399 e. The van der Waals surface area contributed by atoms with E-state index in [1.807, 2.05) is 50.3 Å². The number of hydrogen-bond acceptors (Lipinski definition) is 4. The first-order valence-corrected chi connectivity index (χ1v) is 7.83. The fourth-order valence-corrected chi connectivity index (χ4v) is 2.24. The van der Waals surface area contributed by atoms with Gasteiger partial charge >= 0.3 is 0 Å². The first-order chi connectivity index (χ1) is 11.3. The summed E-state index contributed by atoms with van der Waals surface area (Å²) in [5, 5.41) is 3.23. The average Bonchev–Trinajstić information content (AvgIpc) is 2.46. The van der Waals surface area contributed by atoms with Gasteiger partial charge in [0.1, 0.15) is 0 Å². The Hall–Kier alpha value is -2.56. The van der Waals surface area contributed by atoms with E-state index in [1.54, 1.807) is 6.08 Å². The molecule has 4 heteroatoms. The molecule has 0 heterocycles. The Morgan fingerprint density at radius 3 is 2.54 bits per heavy atom. The summed E-state index contributed by atoms with van der Waals surface area (Å²) in [6.07, 6.45) is 8.16. The van der Waals surface area contributed by atoms with Crippen molar-refractivity contribution in [3.63, 3.8) is 0 Å². The van der Waals surface area contributed by atoms with Gasteiger partial charge in [0.05, 0.1) is 6.17 Å². The number of benzene rings is 1. The van der Waals surface area contributed by atoms with Gasteiger partial charge in [-0.3, -0.25) is 0 Å². The van der Waals surface area contributed by atoms with Gasteiger partial charge in [0.15, 0.2) is 0 Å². The van der Waals surface area contributed by atoms with Crippen LogP contribution in [0.2, 0.25) is 0 Å². The molecule has 0 spiro atoms. The molecule has 1 rings (SSSR count). The predicted octanol–water partition coefficient (Wildman–Crippen LogP) is 3.83. The van der Waals surface area contributed by atoms with Gasteiger partial charge in [0.25, 0.3) is 0 Å². The molecule has 0 aliphatic rings. The Morgan fingerprint density at radius 1 is 1.25 bits per heavy atom. The van der Waals surface area contributed by atoms with Crippen LogP contribution >= 0.6 is 0 Å². The lowest BCUT2D eigenvalue weighted by Crippen LogP contribution is -2.30. The van der Waals surface area contributed by atoms with Crippen molar-refractivity contribution < 1.29 is 0 Å². The van der Waals surface area contributed by atoms with E-state index in [4.69, 9.17) is 17.2 Å². The molecule has 0 bridgehead atoms. The van der Waals surface area contributed by atoms with Crippen LogP contribution in [-0.2, 0) is 0 Å². The molecule has 1 aromatic carbocycles. The van der Waals surface area contributed by atoms with E-state index in [0.29, 0.717) is 12.1 Å². The smallest absolute Gasteiger partial charge is 0.0559 e. The van der Waals surface area contributed by atoms with Crippen LogP contribution in [0.15, 0.2) is 84.1 Å². The predicted molar refractivity (Wildman–Crippen MR) is 106 cm³/mol. The number of nitrogens with two attached hydrogens (primary N) is 3. The van der Waals surface area contributed by atoms with E-state index < -0.39 is 0 Å². The molecule has 24 heavy (non-hydrogen) atoms. The summed E-state index contributed by atoms with van der Waals surface area (Å²) >= 11 is 0. The van der Waals surface area contributed by atoms with Crippen LogP contribution in [0, 0.1) is 0 Å². The third-order valence-corrected chi connectivity index (χ3v) is 3.31. The molecule has 1 aromatic rings. The molecular weight excluding hydrogens is 296 g/mol. The van der Waals surface area contributed by atoms with Crippen LogP contribution in [0.1, 0.15) is 20.3 Å². The number of nitrogen functional groups attached to an aromatic ring is 1. The Balaban J connectivity index is 2.83. The van der Waals surface area contributed by atoms with Gasteiger partial charge < -0.3 is 22.5 Å². The summed E-state index contributed by atoms with van der Waals surface area (Å²) in [5.41, 5.74) is 22.5. The molecule has 0 atom stereocenters. The molecule has 0 radical (unpaired) electrons. The van der Waals surface area contributed by atoms with Gasteiger partial charge in [-0.25, -0.2) is 0 Å². The van der Waals surface area contributed by atoms with Crippen LogP contribution in [-0.4, -0.2) is 6.17 Å². The maximum Gasteiger partial charge on any atom is 0.0559 e. The molecule has 0 fully saturated rings. The zero-order chi connectivity index (χ0) is 18.1. The highest BCUT2D eigenvalue weighted by Crippen LogP contribution is 2.18. The quantitative estimate of drug-likeness (QED) is 0.332.